The van der Waals surface area contributed by atoms with Gasteiger partial charge in [0, 0.05) is 16.9 Å². The lowest BCUT2D eigenvalue weighted by Gasteiger charge is -2.06. The van der Waals surface area contributed by atoms with Gasteiger partial charge >= 0.3 is 5.69 Å². The number of anilines is 1. The maximum Gasteiger partial charge on any atom is 0.331 e. The molecule has 0 aliphatic heterocycles. The van der Waals surface area contributed by atoms with E-state index in [0.29, 0.717) is 6.20 Å². The van der Waals surface area contributed by atoms with Crippen LogP contribution in [0.5, 0.6) is 0 Å². The summed E-state index contributed by atoms with van der Waals surface area (Å²) < 4.78 is 46.6. The maximum atomic E-state index is 12.4. The van der Waals surface area contributed by atoms with Gasteiger partial charge in [0.2, 0.25) is 0 Å². The van der Waals surface area contributed by atoms with Crippen molar-refractivity contribution in [3.8, 4) is 0 Å². The number of aromatic nitrogens is 1. The summed E-state index contributed by atoms with van der Waals surface area (Å²) in [5.41, 5.74) is 1.94. The van der Waals surface area contributed by atoms with Crippen molar-refractivity contribution in [2.75, 3.05) is 5.73 Å². The Morgan fingerprint density at radius 3 is 2.41 bits per heavy atom. The predicted octanol–water partition coefficient (Wildman–Crippen LogP) is 1.44. The summed E-state index contributed by atoms with van der Waals surface area (Å²) in [5, 5.41) is 9.42. The molecule has 0 radical (unpaired) electrons. The largest absolute Gasteiger partial charge is 0.393 e. The fraction of sp³-hybridized carbons (Fsp3) is 0.167. The number of pyridine rings is 1. The summed E-state index contributed by atoms with van der Waals surface area (Å²) >= 11 is 0. The minimum Gasteiger partial charge on any atom is -0.393 e. The molecule has 1 aromatic heterocycles. The third-order valence-electron chi connectivity index (χ3n) is 1.74. The average molecular weight is 288 g/mol. The molecule has 7 nitrogen and oxygen atoms in total. The first-order valence-corrected chi connectivity index (χ1v) is 6.12. The second kappa shape index (κ2) is 4.37. The highest BCUT2D eigenvalue weighted by Gasteiger charge is 2.32. The summed E-state index contributed by atoms with van der Waals surface area (Å²) in [6.45, 7) is 0. The van der Waals surface area contributed by atoms with Crippen LogP contribution in [-0.4, -0.2) is 18.3 Å². The van der Waals surface area contributed by atoms with Gasteiger partial charge in [-0.2, -0.15) is 0 Å². The van der Waals surface area contributed by atoms with E-state index in [2.05, 4.69) is 4.98 Å². The fourth-order valence-corrected chi connectivity index (χ4v) is 1.97. The molecule has 0 aliphatic rings. The molecule has 11 heteroatoms. The van der Waals surface area contributed by atoms with E-state index in [0.717, 1.165) is 0 Å². The molecule has 0 amide bonds. The first-order chi connectivity index (χ1) is 7.66. The number of halogens is 3. The lowest BCUT2D eigenvalue weighted by atomic mass is 10.2. The van der Waals surface area contributed by atoms with E-state index in [1.807, 2.05) is 0 Å². The second-order valence-corrected chi connectivity index (χ2v) is 5.26. The summed E-state index contributed by atoms with van der Waals surface area (Å²) in [4.78, 5) is 12.4. The SMILES string of the molecule is Nc1c(C(F)F)cnc(S(=O)(=O)Cl)c1[N+](=O)[O-]. The Balaban J connectivity index is 3.69. The maximum absolute atomic E-state index is 12.4. The zero-order valence-electron chi connectivity index (χ0n) is 7.80. The summed E-state index contributed by atoms with van der Waals surface area (Å²) in [6, 6.07) is 0. The van der Waals surface area contributed by atoms with Gasteiger partial charge in [-0.1, -0.05) is 0 Å². The van der Waals surface area contributed by atoms with E-state index in [1.165, 1.54) is 0 Å². The summed E-state index contributed by atoms with van der Waals surface area (Å²) in [5.74, 6) is 0. The third kappa shape index (κ3) is 2.58. The van der Waals surface area contributed by atoms with E-state index in [-0.39, 0.29) is 0 Å². The van der Waals surface area contributed by atoms with Crippen molar-refractivity contribution in [2.45, 2.75) is 11.5 Å². The van der Waals surface area contributed by atoms with E-state index < -0.39 is 42.4 Å². The van der Waals surface area contributed by atoms with Gasteiger partial charge in [-0.05, 0) is 0 Å². The van der Waals surface area contributed by atoms with Gasteiger partial charge in [-0.3, -0.25) is 10.1 Å². The first-order valence-electron chi connectivity index (χ1n) is 3.81. The summed E-state index contributed by atoms with van der Waals surface area (Å²) in [6.07, 6.45) is -2.68. The van der Waals surface area contributed by atoms with Gasteiger partial charge in [0.15, 0.2) is 0 Å². The van der Waals surface area contributed by atoms with Crippen LogP contribution in [0.4, 0.5) is 20.2 Å². The molecule has 1 aromatic rings. The van der Waals surface area contributed by atoms with Crippen molar-refractivity contribution in [1.29, 1.82) is 0 Å². The van der Waals surface area contributed by atoms with E-state index in [9.17, 15) is 27.3 Å². The molecule has 94 valence electrons. The van der Waals surface area contributed by atoms with Crippen molar-refractivity contribution >= 4 is 31.1 Å². The Kier molecular flexibility index (Phi) is 3.48. The number of rotatable bonds is 3. The molecule has 0 spiro atoms. The van der Waals surface area contributed by atoms with Gasteiger partial charge < -0.3 is 5.73 Å². The van der Waals surface area contributed by atoms with Crippen LogP contribution < -0.4 is 5.73 Å². The monoisotopic (exact) mass is 287 g/mol. The van der Waals surface area contributed by atoms with Gasteiger partial charge in [-0.15, -0.1) is 0 Å². The molecule has 0 aromatic carbocycles. The Morgan fingerprint density at radius 2 is 2.06 bits per heavy atom. The van der Waals surface area contributed by atoms with Crippen LogP contribution in [0.3, 0.4) is 0 Å². The lowest BCUT2D eigenvalue weighted by Crippen LogP contribution is -2.08. The number of hydrogen-bond donors (Lipinski definition) is 1. The van der Waals surface area contributed by atoms with Crippen molar-refractivity contribution in [2.24, 2.45) is 0 Å². The molecule has 17 heavy (non-hydrogen) atoms. The molecule has 0 bridgehead atoms. The van der Waals surface area contributed by atoms with E-state index in [1.54, 1.807) is 0 Å². The molecule has 0 atom stereocenters. The Bertz CT molecular complexity index is 577. The van der Waals surface area contributed by atoms with Crippen molar-refractivity contribution in [3.05, 3.63) is 21.9 Å². The van der Waals surface area contributed by atoms with Crippen molar-refractivity contribution in [1.82, 2.24) is 4.98 Å². The molecule has 0 unspecified atom stereocenters. The molecule has 1 rings (SSSR count). The van der Waals surface area contributed by atoms with Gasteiger partial charge in [0.05, 0.1) is 10.5 Å². The smallest absolute Gasteiger partial charge is 0.331 e. The van der Waals surface area contributed by atoms with Crippen LogP contribution >= 0.6 is 10.7 Å². The molecule has 1 heterocycles. The predicted molar refractivity (Wildman–Crippen MR) is 53.3 cm³/mol. The van der Waals surface area contributed by atoms with E-state index >= 15 is 0 Å². The highest BCUT2D eigenvalue weighted by molar-refractivity contribution is 8.13. The van der Waals surface area contributed by atoms with Gasteiger partial charge in [-0.25, -0.2) is 22.2 Å². The standard InChI is InChI=1S/C6H4ClF2N3O4S/c7-17(15,16)6-4(12(13)14)3(10)2(1-11-6)5(8)9/h1,5H,(H2,10,11). The minimum absolute atomic E-state index is 0.433. The summed E-state index contributed by atoms with van der Waals surface area (Å²) in [7, 11) is 0.325. The third-order valence-corrected chi connectivity index (χ3v) is 2.94. The van der Waals surface area contributed by atoms with Crippen molar-refractivity contribution < 1.29 is 22.1 Å². The first kappa shape index (κ1) is 13.5. The van der Waals surface area contributed by atoms with E-state index in [4.69, 9.17) is 16.4 Å². The number of nitrogens with two attached hydrogens (primary N) is 1. The van der Waals surface area contributed by atoms with Crippen LogP contribution in [0, 0.1) is 10.1 Å². The Labute approximate surface area is 97.8 Å². The highest BCUT2D eigenvalue weighted by Crippen LogP contribution is 2.36. The topological polar surface area (TPSA) is 116 Å². The van der Waals surface area contributed by atoms with Crippen LogP contribution in [0.1, 0.15) is 12.0 Å². The highest BCUT2D eigenvalue weighted by atomic mass is 35.7. The van der Waals surface area contributed by atoms with Crippen LogP contribution in [-0.2, 0) is 9.05 Å². The zero-order chi connectivity index (χ0) is 13.4. The van der Waals surface area contributed by atoms with Crippen LogP contribution in [0.15, 0.2) is 11.2 Å². The number of alkyl halides is 2. The molecule has 0 fully saturated rings. The Morgan fingerprint density at radius 1 is 1.53 bits per heavy atom. The number of nitrogen functional groups attached to an aromatic ring is 1. The Hall–Kier alpha value is -1.55. The molecule has 0 saturated heterocycles. The number of nitro groups is 1. The number of nitrogens with zero attached hydrogens (tertiary/aromatic N) is 2. The van der Waals surface area contributed by atoms with Crippen LogP contribution in [0.25, 0.3) is 0 Å². The lowest BCUT2D eigenvalue weighted by molar-refractivity contribution is -0.387. The molecular weight excluding hydrogens is 284 g/mol. The molecule has 0 saturated carbocycles. The van der Waals surface area contributed by atoms with Gasteiger partial charge in [0.25, 0.3) is 20.5 Å². The molecule has 0 aliphatic carbocycles. The van der Waals surface area contributed by atoms with Crippen molar-refractivity contribution in [3.63, 3.8) is 0 Å². The molecular formula is C6H4ClF2N3O4S. The normalized spacial score (nSPS) is 11.8. The molecule has 2 N–H and O–H groups in total. The minimum atomic E-state index is -4.55. The second-order valence-electron chi connectivity index (χ2n) is 2.78. The number of hydrogen-bond acceptors (Lipinski definition) is 6. The van der Waals surface area contributed by atoms with Crippen LogP contribution in [0.2, 0.25) is 0 Å². The zero-order valence-corrected chi connectivity index (χ0v) is 9.37. The van der Waals surface area contributed by atoms with Gasteiger partial charge in [0.1, 0.15) is 5.69 Å². The average Bonchev–Trinajstić information content (AvgIpc) is 2.14. The quantitative estimate of drug-likeness (QED) is 0.511. The fourth-order valence-electron chi connectivity index (χ4n) is 1.04.